The lowest BCUT2D eigenvalue weighted by atomic mass is 10.3. The monoisotopic (exact) mass is 284 g/mol. The van der Waals surface area contributed by atoms with E-state index in [1.54, 1.807) is 13.8 Å². The normalized spacial score (nSPS) is 11.5. The van der Waals surface area contributed by atoms with Crippen LogP contribution in [0.2, 0.25) is 0 Å². The van der Waals surface area contributed by atoms with E-state index in [-0.39, 0.29) is 17.3 Å². The molecule has 0 atom stereocenters. The first-order valence-electron chi connectivity index (χ1n) is 5.64. The molecule has 0 saturated heterocycles. The number of rotatable bonds is 4. The Balaban J connectivity index is 2.53. The Morgan fingerprint density at radius 3 is 2.74 bits per heavy atom. The van der Waals surface area contributed by atoms with Crippen LogP contribution in [0.25, 0.3) is 0 Å². The van der Waals surface area contributed by atoms with E-state index in [2.05, 4.69) is 4.98 Å². The zero-order valence-electron chi connectivity index (χ0n) is 10.5. The van der Waals surface area contributed by atoms with Crippen molar-refractivity contribution >= 4 is 10.0 Å². The smallest absolute Gasteiger partial charge is 0.269 e. The molecule has 0 aliphatic carbocycles. The molecule has 5 nitrogen and oxygen atoms in total. The van der Waals surface area contributed by atoms with Gasteiger partial charge in [-0.1, -0.05) is 0 Å². The lowest BCUT2D eigenvalue weighted by Gasteiger charge is -2.10. The summed E-state index contributed by atoms with van der Waals surface area (Å²) < 4.78 is 44.2. The number of halogens is 1. The van der Waals surface area contributed by atoms with E-state index in [4.69, 9.17) is 4.74 Å². The fourth-order valence-corrected chi connectivity index (χ4v) is 2.98. The highest BCUT2D eigenvalue weighted by Crippen LogP contribution is 2.23. The van der Waals surface area contributed by atoms with Gasteiger partial charge in [0.1, 0.15) is 5.82 Å². The summed E-state index contributed by atoms with van der Waals surface area (Å²) in [5.74, 6) is -0.341. The van der Waals surface area contributed by atoms with E-state index in [1.165, 1.54) is 24.5 Å². The molecular weight excluding hydrogens is 271 g/mol. The minimum atomic E-state index is -3.78. The molecule has 0 spiro atoms. The number of imidazole rings is 1. The van der Waals surface area contributed by atoms with Crippen molar-refractivity contribution in [3.63, 3.8) is 0 Å². The molecule has 2 aromatic rings. The van der Waals surface area contributed by atoms with Crippen LogP contribution in [-0.4, -0.2) is 24.0 Å². The second-order valence-corrected chi connectivity index (χ2v) is 5.62. The van der Waals surface area contributed by atoms with Gasteiger partial charge in [0.05, 0.1) is 11.5 Å². The van der Waals surface area contributed by atoms with Gasteiger partial charge < -0.3 is 4.74 Å². The largest absolute Gasteiger partial charge is 0.491 e. The van der Waals surface area contributed by atoms with Crippen molar-refractivity contribution in [3.8, 4) is 5.75 Å². The van der Waals surface area contributed by atoms with Crippen LogP contribution in [0.1, 0.15) is 12.7 Å². The Kier molecular flexibility index (Phi) is 3.57. The zero-order chi connectivity index (χ0) is 14.0. The van der Waals surface area contributed by atoms with E-state index >= 15 is 0 Å². The van der Waals surface area contributed by atoms with Crippen LogP contribution in [0.5, 0.6) is 5.75 Å². The Morgan fingerprint density at radius 1 is 1.42 bits per heavy atom. The van der Waals surface area contributed by atoms with Crippen molar-refractivity contribution in [2.24, 2.45) is 0 Å². The van der Waals surface area contributed by atoms with Gasteiger partial charge in [0, 0.05) is 18.5 Å². The van der Waals surface area contributed by atoms with Crippen LogP contribution in [0.4, 0.5) is 4.39 Å². The van der Waals surface area contributed by atoms with Crippen molar-refractivity contribution in [1.29, 1.82) is 0 Å². The standard InChI is InChI=1S/C12H13FN2O3S/c1-3-18-12-8-10(4-5-11(12)13)19(16,17)15-7-6-14-9(15)2/h4-8H,3H2,1-2H3. The summed E-state index contributed by atoms with van der Waals surface area (Å²) in [4.78, 5) is 3.82. The molecule has 0 unspecified atom stereocenters. The molecule has 2 rings (SSSR count). The molecule has 0 fully saturated rings. The number of aromatic nitrogens is 2. The highest BCUT2D eigenvalue weighted by atomic mass is 32.2. The van der Waals surface area contributed by atoms with Crippen molar-refractivity contribution in [1.82, 2.24) is 8.96 Å². The molecule has 1 aromatic carbocycles. The number of aryl methyl sites for hydroxylation is 1. The minimum absolute atomic E-state index is 0.0431. The Labute approximate surface area is 110 Å². The highest BCUT2D eigenvalue weighted by Gasteiger charge is 2.20. The van der Waals surface area contributed by atoms with Crippen molar-refractivity contribution in [2.45, 2.75) is 18.7 Å². The topological polar surface area (TPSA) is 61.2 Å². The van der Waals surface area contributed by atoms with Crippen LogP contribution in [0, 0.1) is 12.7 Å². The third-order valence-corrected chi connectivity index (χ3v) is 4.30. The predicted molar refractivity (Wildman–Crippen MR) is 67.1 cm³/mol. The highest BCUT2D eigenvalue weighted by molar-refractivity contribution is 7.90. The number of nitrogens with zero attached hydrogens (tertiary/aromatic N) is 2. The molecule has 19 heavy (non-hydrogen) atoms. The molecule has 1 aromatic heterocycles. The Bertz CT molecular complexity index is 695. The maximum Gasteiger partial charge on any atom is 0.269 e. The minimum Gasteiger partial charge on any atom is -0.491 e. The van der Waals surface area contributed by atoms with E-state index in [0.29, 0.717) is 5.82 Å². The van der Waals surface area contributed by atoms with Crippen molar-refractivity contribution in [3.05, 3.63) is 42.2 Å². The molecule has 0 aliphatic heterocycles. The van der Waals surface area contributed by atoms with E-state index < -0.39 is 15.8 Å². The van der Waals surface area contributed by atoms with Gasteiger partial charge in [0.25, 0.3) is 10.0 Å². The summed E-state index contributed by atoms with van der Waals surface area (Å²) >= 11 is 0. The molecule has 102 valence electrons. The van der Waals surface area contributed by atoms with Gasteiger partial charge in [-0.05, 0) is 26.0 Å². The number of hydrogen-bond donors (Lipinski definition) is 0. The molecule has 0 amide bonds. The second-order valence-electron chi connectivity index (χ2n) is 3.80. The van der Waals surface area contributed by atoms with Gasteiger partial charge in [-0.25, -0.2) is 21.8 Å². The maximum absolute atomic E-state index is 13.4. The Morgan fingerprint density at radius 2 is 2.16 bits per heavy atom. The van der Waals surface area contributed by atoms with Crippen LogP contribution in [0.15, 0.2) is 35.5 Å². The SMILES string of the molecule is CCOc1cc(S(=O)(=O)n2ccnc2C)ccc1F. The van der Waals surface area contributed by atoms with Gasteiger partial charge in [-0.15, -0.1) is 0 Å². The molecule has 0 saturated carbocycles. The second kappa shape index (κ2) is 5.00. The lowest BCUT2D eigenvalue weighted by Crippen LogP contribution is -2.14. The van der Waals surface area contributed by atoms with Gasteiger partial charge in [0.15, 0.2) is 11.6 Å². The summed E-state index contributed by atoms with van der Waals surface area (Å²) in [5.41, 5.74) is 0. The summed E-state index contributed by atoms with van der Waals surface area (Å²) in [6.45, 7) is 3.52. The van der Waals surface area contributed by atoms with Crippen LogP contribution >= 0.6 is 0 Å². The van der Waals surface area contributed by atoms with E-state index in [0.717, 1.165) is 10.0 Å². The van der Waals surface area contributed by atoms with Crippen LogP contribution < -0.4 is 4.74 Å². The summed E-state index contributed by atoms with van der Waals surface area (Å²) in [5, 5.41) is 0. The molecular formula is C12H13FN2O3S. The molecule has 0 radical (unpaired) electrons. The number of benzene rings is 1. The van der Waals surface area contributed by atoms with Gasteiger partial charge in [0.2, 0.25) is 0 Å². The lowest BCUT2D eigenvalue weighted by molar-refractivity contribution is 0.320. The quantitative estimate of drug-likeness (QED) is 0.861. The summed E-state index contributed by atoms with van der Waals surface area (Å²) in [7, 11) is -3.78. The van der Waals surface area contributed by atoms with Crippen LogP contribution in [0.3, 0.4) is 0 Å². The predicted octanol–water partition coefficient (Wildman–Crippen LogP) is 1.97. The van der Waals surface area contributed by atoms with Crippen molar-refractivity contribution in [2.75, 3.05) is 6.61 Å². The first-order valence-corrected chi connectivity index (χ1v) is 7.08. The average molecular weight is 284 g/mol. The number of hydrogen-bond acceptors (Lipinski definition) is 4. The van der Waals surface area contributed by atoms with Gasteiger partial charge >= 0.3 is 0 Å². The zero-order valence-corrected chi connectivity index (χ0v) is 11.3. The third kappa shape index (κ3) is 2.46. The fraction of sp³-hybridized carbons (Fsp3) is 0.250. The molecule has 0 N–H and O–H groups in total. The van der Waals surface area contributed by atoms with Gasteiger partial charge in [-0.3, -0.25) is 0 Å². The first kappa shape index (κ1) is 13.5. The number of ether oxygens (including phenoxy) is 1. The molecule has 1 heterocycles. The van der Waals surface area contributed by atoms with Crippen LogP contribution in [-0.2, 0) is 10.0 Å². The molecule has 7 heteroatoms. The third-order valence-electron chi connectivity index (χ3n) is 2.54. The first-order chi connectivity index (χ1) is 8.96. The molecule has 0 bridgehead atoms. The van der Waals surface area contributed by atoms with Gasteiger partial charge in [-0.2, -0.15) is 0 Å². The summed E-state index contributed by atoms with van der Waals surface area (Å²) in [6, 6.07) is 3.45. The van der Waals surface area contributed by atoms with E-state index in [9.17, 15) is 12.8 Å². The fourth-order valence-electron chi connectivity index (χ4n) is 1.64. The summed E-state index contributed by atoms with van der Waals surface area (Å²) in [6.07, 6.45) is 2.73. The molecule has 0 aliphatic rings. The van der Waals surface area contributed by atoms with Crippen molar-refractivity contribution < 1.29 is 17.5 Å². The maximum atomic E-state index is 13.4. The average Bonchev–Trinajstić information content (AvgIpc) is 2.79. The Hall–Kier alpha value is -1.89. The van der Waals surface area contributed by atoms with E-state index in [1.807, 2.05) is 0 Å².